The van der Waals surface area contributed by atoms with Gasteiger partial charge >= 0.3 is 0 Å². The van der Waals surface area contributed by atoms with Gasteiger partial charge in [-0.05, 0) is 71.6 Å². The maximum absolute atomic E-state index is 5.45. The molecule has 20 heavy (non-hydrogen) atoms. The summed E-state index contributed by atoms with van der Waals surface area (Å²) in [5.74, 6) is 0.920. The van der Waals surface area contributed by atoms with Gasteiger partial charge in [0.05, 0.1) is 12.3 Å². The summed E-state index contributed by atoms with van der Waals surface area (Å²) in [5.41, 5.74) is 4.91. The van der Waals surface area contributed by atoms with Crippen LogP contribution in [0.2, 0.25) is 0 Å². The minimum atomic E-state index is 0.701. The molecular formula is C17H20BrNO. The molecule has 0 aliphatic rings. The van der Waals surface area contributed by atoms with E-state index in [4.69, 9.17) is 4.74 Å². The fourth-order valence-corrected chi connectivity index (χ4v) is 3.01. The van der Waals surface area contributed by atoms with Gasteiger partial charge < -0.3 is 10.1 Å². The van der Waals surface area contributed by atoms with Gasteiger partial charge in [-0.2, -0.15) is 0 Å². The van der Waals surface area contributed by atoms with Crippen LogP contribution >= 0.6 is 15.9 Å². The molecule has 0 spiro atoms. The van der Waals surface area contributed by atoms with Crippen molar-refractivity contribution in [1.82, 2.24) is 0 Å². The van der Waals surface area contributed by atoms with Crippen LogP contribution < -0.4 is 10.1 Å². The largest absolute Gasteiger partial charge is 0.494 e. The summed E-state index contributed by atoms with van der Waals surface area (Å²) in [6.07, 6.45) is 0. The Balaban J connectivity index is 2.05. The lowest BCUT2D eigenvalue weighted by atomic mass is 10.1. The van der Waals surface area contributed by atoms with E-state index in [0.717, 1.165) is 22.5 Å². The number of halogens is 1. The standard InChI is InChI=1S/C17H20BrNO/c1-4-20-15-7-5-14(6-8-15)11-19-17-13(3)9-12(2)10-16(17)18/h5-10,19H,4,11H2,1-3H3. The van der Waals surface area contributed by atoms with E-state index in [1.165, 1.54) is 16.7 Å². The summed E-state index contributed by atoms with van der Waals surface area (Å²) in [4.78, 5) is 0. The molecule has 0 fully saturated rings. The van der Waals surface area contributed by atoms with Crippen LogP contribution in [0.25, 0.3) is 0 Å². The Kier molecular flexibility index (Phi) is 5.07. The van der Waals surface area contributed by atoms with E-state index in [0.29, 0.717) is 6.61 Å². The molecule has 0 radical (unpaired) electrons. The lowest BCUT2D eigenvalue weighted by Gasteiger charge is -2.13. The number of hydrogen-bond donors (Lipinski definition) is 1. The fourth-order valence-electron chi connectivity index (χ4n) is 2.20. The molecule has 0 atom stereocenters. The number of ether oxygens (including phenoxy) is 1. The van der Waals surface area contributed by atoms with Gasteiger partial charge in [0.2, 0.25) is 0 Å². The van der Waals surface area contributed by atoms with Gasteiger partial charge in [0.25, 0.3) is 0 Å². The summed E-state index contributed by atoms with van der Waals surface area (Å²) in [6, 6.07) is 12.5. The first-order chi connectivity index (χ1) is 9.60. The number of hydrogen-bond acceptors (Lipinski definition) is 2. The highest BCUT2D eigenvalue weighted by Crippen LogP contribution is 2.28. The van der Waals surface area contributed by atoms with Crippen LogP contribution in [0.15, 0.2) is 40.9 Å². The molecule has 2 nitrogen and oxygen atoms in total. The highest BCUT2D eigenvalue weighted by molar-refractivity contribution is 9.10. The summed E-state index contributed by atoms with van der Waals surface area (Å²) < 4.78 is 6.56. The Morgan fingerprint density at radius 2 is 1.80 bits per heavy atom. The van der Waals surface area contributed by atoms with E-state index in [1.54, 1.807) is 0 Å². The van der Waals surface area contributed by atoms with Crippen molar-refractivity contribution in [3.8, 4) is 5.75 Å². The molecule has 0 unspecified atom stereocenters. The smallest absolute Gasteiger partial charge is 0.119 e. The number of aryl methyl sites for hydroxylation is 2. The first kappa shape index (κ1) is 14.9. The Morgan fingerprint density at radius 1 is 1.10 bits per heavy atom. The quantitative estimate of drug-likeness (QED) is 0.824. The van der Waals surface area contributed by atoms with Crippen LogP contribution in [0.5, 0.6) is 5.75 Å². The summed E-state index contributed by atoms with van der Waals surface area (Å²) in [7, 11) is 0. The van der Waals surface area contributed by atoms with Crippen molar-refractivity contribution in [2.24, 2.45) is 0 Å². The molecule has 0 amide bonds. The predicted octanol–water partition coefficient (Wildman–Crippen LogP) is 5.08. The zero-order valence-corrected chi connectivity index (χ0v) is 13.8. The molecule has 0 aliphatic carbocycles. The fraction of sp³-hybridized carbons (Fsp3) is 0.294. The maximum Gasteiger partial charge on any atom is 0.119 e. The van der Waals surface area contributed by atoms with Crippen molar-refractivity contribution in [2.75, 3.05) is 11.9 Å². The maximum atomic E-state index is 5.45. The minimum absolute atomic E-state index is 0.701. The third kappa shape index (κ3) is 3.76. The van der Waals surface area contributed by atoms with Crippen LogP contribution in [0.4, 0.5) is 5.69 Å². The molecule has 3 heteroatoms. The van der Waals surface area contributed by atoms with E-state index in [1.807, 2.05) is 19.1 Å². The van der Waals surface area contributed by atoms with E-state index in [2.05, 4.69) is 59.4 Å². The third-order valence-corrected chi connectivity index (χ3v) is 3.76. The highest BCUT2D eigenvalue weighted by Gasteiger charge is 2.04. The summed E-state index contributed by atoms with van der Waals surface area (Å²) in [5, 5.41) is 3.49. The van der Waals surface area contributed by atoms with E-state index in [9.17, 15) is 0 Å². The Labute approximate surface area is 129 Å². The number of nitrogens with one attached hydrogen (secondary N) is 1. The average molecular weight is 334 g/mol. The van der Waals surface area contributed by atoms with E-state index >= 15 is 0 Å². The summed E-state index contributed by atoms with van der Waals surface area (Å²) in [6.45, 7) is 7.72. The zero-order valence-electron chi connectivity index (χ0n) is 12.2. The van der Waals surface area contributed by atoms with Crippen molar-refractivity contribution in [2.45, 2.75) is 27.3 Å². The Hall–Kier alpha value is -1.48. The molecule has 2 aromatic carbocycles. The molecule has 106 valence electrons. The van der Waals surface area contributed by atoms with Gasteiger partial charge in [0.1, 0.15) is 5.75 Å². The minimum Gasteiger partial charge on any atom is -0.494 e. The van der Waals surface area contributed by atoms with Gasteiger partial charge in [0, 0.05) is 11.0 Å². The second kappa shape index (κ2) is 6.80. The molecule has 0 heterocycles. The SMILES string of the molecule is CCOc1ccc(CNc2c(C)cc(C)cc2Br)cc1. The first-order valence-electron chi connectivity index (χ1n) is 6.82. The molecule has 2 aromatic rings. The molecule has 0 aliphatic heterocycles. The normalized spacial score (nSPS) is 10.4. The number of rotatable bonds is 5. The van der Waals surface area contributed by atoms with Gasteiger partial charge in [-0.15, -0.1) is 0 Å². The third-order valence-electron chi connectivity index (χ3n) is 3.14. The van der Waals surface area contributed by atoms with Gasteiger partial charge in [0.15, 0.2) is 0 Å². The van der Waals surface area contributed by atoms with Crippen molar-refractivity contribution in [1.29, 1.82) is 0 Å². The number of benzene rings is 2. The molecular weight excluding hydrogens is 314 g/mol. The van der Waals surface area contributed by atoms with Crippen molar-refractivity contribution in [3.05, 3.63) is 57.6 Å². The molecule has 1 N–H and O–H groups in total. The molecule has 2 rings (SSSR count). The monoisotopic (exact) mass is 333 g/mol. The molecule has 0 saturated carbocycles. The van der Waals surface area contributed by atoms with Crippen LogP contribution in [0.1, 0.15) is 23.6 Å². The topological polar surface area (TPSA) is 21.3 Å². The second-order valence-corrected chi connectivity index (χ2v) is 5.72. The van der Waals surface area contributed by atoms with E-state index < -0.39 is 0 Å². The van der Waals surface area contributed by atoms with Crippen molar-refractivity contribution < 1.29 is 4.74 Å². The second-order valence-electron chi connectivity index (χ2n) is 4.87. The average Bonchev–Trinajstić information content (AvgIpc) is 2.39. The first-order valence-corrected chi connectivity index (χ1v) is 7.62. The molecule has 0 aromatic heterocycles. The number of anilines is 1. The van der Waals surface area contributed by atoms with Crippen LogP contribution in [0.3, 0.4) is 0 Å². The lowest BCUT2D eigenvalue weighted by molar-refractivity contribution is 0.340. The van der Waals surface area contributed by atoms with Gasteiger partial charge in [-0.1, -0.05) is 18.2 Å². The zero-order chi connectivity index (χ0) is 14.5. The Bertz CT molecular complexity index is 555. The van der Waals surface area contributed by atoms with Crippen LogP contribution in [-0.4, -0.2) is 6.61 Å². The molecule has 0 saturated heterocycles. The highest BCUT2D eigenvalue weighted by atomic mass is 79.9. The van der Waals surface area contributed by atoms with Crippen LogP contribution in [0, 0.1) is 13.8 Å². The van der Waals surface area contributed by atoms with Crippen LogP contribution in [-0.2, 0) is 6.54 Å². The Morgan fingerprint density at radius 3 is 2.40 bits per heavy atom. The van der Waals surface area contributed by atoms with Crippen molar-refractivity contribution >= 4 is 21.6 Å². The summed E-state index contributed by atoms with van der Waals surface area (Å²) >= 11 is 3.62. The molecule has 0 bridgehead atoms. The van der Waals surface area contributed by atoms with Crippen molar-refractivity contribution in [3.63, 3.8) is 0 Å². The van der Waals surface area contributed by atoms with Gasteiger partial charge in [-0.3, -0.25) is 0 Å². The predicted molar refractivity (Wildman–Crippen MR) is 88.6 cm³/mol. The van der Waals surface area contributed by atoms with E-state index in [-0.39, 0.29) is 0 Å². The lowest BCUT2D eigenvalue weighted by Crippen LogP contribution is -2.02. The van der Waals surface area contributed by atoms with Gasteiger partial charge in [-0.25, -0.2) is 0 Å².